The first-order valence-corrected chi connectivity index (χ1v) is 7.61. The molecule has 1 aliphatic rings. The Bertz CT molecular complexity index is 631. The Hall–Kier alpha value is -0.680. The lowest BCUT2D eigenvalue weighted by Gasteiger charge is -2.27. The molecule has 2 aromatic heterocycles. The summed E-state index contributed by atoms with van der Waals surface area (Å²) in [5, 5.41) is 0. The lowest BCUT2D eigenvalue weighted by molar-refractivity contribution is 0.284. The van der Waals surface area contributed by atoms with Crippen molar-refractivity contribution in [2.24, 2.45) is 5.92 Å². The highest BCUT2D eigenvalue weighted by Crippen LogP contribution is 2.34. The van der Waals surface area contributed by atoms with E-state index in [2.05, 4.69) is 37.4 Å². The van der Waals surface area contributed by atoms with Gasteiger partial charge in [0.2, 0.25) is 0 Å². The molecule has 1 saturated carbocycles. The Balaban J connectivity index is 2.10. The van der Waals surface area contributed by atoms with Crippen molar-refractivity contribution in [3.63, 3.8) is 0 Å². The van der Waals surface area contributed by atoms with Gasteiger partial charge in [0.15, 0.2) is 10.4 Å². The number of pyridine rings is 1. The van der Waals surface area contributed by atoms with Crippen LogP contribution in [-0.2, 0) is 0 Å². The largest absolute Gasteiger partial charge is 0.329 e. The second kappa shape index (κ2) is 4.78. The molecular weight excluding hydrogens is 310 g/mol. The molecule has 1 fully saturated rings. The molecule has 2 heterocycles. The van der Waals surface area contributed by atoms with Crippen LogP contribution in [0.3, 0.4) is 0 Å². The molecular formula is C13H16BrN3S. The van der Waals surface area contributed by atoms with Crippen molar-refractivity contribution in [1.82, 2.24) is 14.5 Å². The topological polar surface area (TPSA) is 33.6 Å². The van der Waals surface area contributed by atoms with E-state index in [-0.39, 0.29) is 0 Å². The van der Waals surface area contributed by atoms with Crippen molar-refractivity contribution in [1.29, 1.82) is 0 Å². The average Bonchev–Trinajstić information content (AvgIpc) is 2.64. The van der Waals surface area contributed by atoms with Gasteiger partial charge in [-0.1, -0.05) is 19.8 Å². The number of halogens is 1. The molecule has 0 aliphatic heterocycles. The quantitative estimate of drug-likeness (QED) is 0.777. The predicted octanol–water partition coefficient (Wildman–Crippen LogP) is 4.61. The fraction of sp³-hybridized carbons (Fsp3) is 0.538. The Morgan fingerprint density at radius 2 is 2.33 bits per heavy atom. The van der Waals surface area contributed by atoms with Gasteiger partial charge in [0.05, 0.1) is 5.52 Å². The summed E-state index contributed by atoms with van der Waals surface area (Å²) < 4.78 is 4.00. The minimum Gasteiger partial charge on any atom is -0.329 e. The first kappa shape index (κ1) is 12.4. The van der Waals surface area contributed by atoms with Crippen LogP contribution < -0.4 is 0 Å². The summed E-state index contributed by atoms with van der Waals surface area (Å²) in [7, 11) is 0. The van der Waals surface area contributed by atoms with Crippen LogP contribution in [0, 0.1) is 10.7 Å². The molecule has 2 unspecified atom stereocenters. The van der Waals surface area contributed by atoms with Gasteiger partial charge < -0.3 is 4.98 Å². The number of fused-ring (bicyclic) bond motifs is 1. The summed E-state index contributed by atoms with van der Waals surface area (Å²) in [6.45, 7) is 2.33. The van der Waals surface area contributed by atoms with Gasteiger partial charge in [-0.15, -0.1) is 0 Å². The summed E-state index contributed by atoms with van der Waals surface area (Å²) in [5.41, 5.74) is 2.01. The molecule has 1 aliphatic carbocycles. The van der Waals surface area contributed by atoms with Gasteiger partial charge in [0, 0.05) is 16.7 Å². The molecule has 18 heavy (non-hydrogen) atoms. The number of nitrogens with one attached hydrogen (secondary N) is 1. The number of hydrogen-bond acceptors (Lipinski definition) is 2. The highest BCUT2D eigenvalue weighted by atomic mass is 79.9. The molecule has 0 aromatic carbocycles. The third-order valence-electron chi connectivity index (χ3n) is 3.80. The SMILES string of the molecule is CC1CCCC(n2c(=S)[nH]c3cc(Br)cnc32)C1. The van der Waals surface area contributed by atoms with E-state index in [1.165, 1.54) is 25.7 Å². The first-order chi connectivity index (χ1) is 8.65. The van der Waals surface area contributed by atoms with Crippen LogP contribution in [-0.4, -0.2) is 14.5 Å². The molecule has 3 rings (SSSR count). The van der Waals surface area contributed by atoms with Gasteiger partial charge >= 0.3 is 0 Å². The number of H-pyrrole nitrogens is 1. The predicted molar refractivity (Wildman–Crippen MR) is 79.3 cm³/mol. The minimum atomic E-state index is 0.503. The Labute approximate surface area is 120 Å². The fourth-order valence-electron chi connectivity index (χ4n) is 2.96. The molecule has 5 heteroatoms. The second-order valence-electron chi connectivity index (χ2n) is 5.25. The van der Waals surface area contributed by atoms with Crippen molar-refractivity contribution in [2.45, 2.75) is 38.6 Å². The third kappa shape index (κ3) is 2.14. The molecule has 0 radical (unpaired) electrons. The van der Waals surface area contributed by atoms with Crippen molar-refractivity contribution in [3.8, 4) is 0 Å². The molecule has 96 valence electrons. The summed E-state index contributed by atoms with van der Waals surface area (Å²) in [4.78, 5) is 7.79. The van der Waals surface area contributed by atoms with E-state index in [9.17, 15) is 0 Å². The molecule has 0 bridgehead atoms. The van der Waals surface area contributed by atoms with Gasteiger partial charge in [-0.25, -0.2) is 4.98 Å². The zero-order valence-electron chi connectivity index (χ0n) is 10.3. The summed E-state index contributed by atoms with van der Waals surface area (Å²) in [6.07, 6.45) is 6.89. The maximum atomic E-state index is 5.47. The lowest BCUT2D eigenvalue weighted by Crippen LogP contribution is -2.18. The van der Waals surface area contributed by atoms with Crippen LogP contribution in [0.1, 0.15) is 38.6 Å². The van der Waals surface area contributed by atoms with E-state index >= 15 is 0 Å². The maximum Gasteiger partial charge on any atom is 0.179 e. The zero-order chi connectivity index (χ0) is 12.7. The Morgan fingerprint density at radius 1 is 1.50 bits per heavy atom. The number of nitrogens with zero attached hydrogens (tertiary/aromatic N) is 2. The molecule has 0 spiro atoms. The lowest BCUT2D eigenvalue weighted by atomic mass is 9.87. The van der Waals surface area contributed by atoms with Gasteiger partial charge in [-0.05, 0) is 53.0 Å². The molecule has 0 saturated heterocycles. The maximum absolute atomic E-state index is 5.47. The summed E-state index contributed by atoms with van der Waals surface area (Å²) >= 11 is 8.91. The highest BCUT2D eigenvalue weighted by molar-refractivity contribution is 9.10. The number of hydrogen-bond donors (Lipinski definition) is 1. The molecule has 2 aromatic rings. The monoisotopic (exact) mass is 325 g/mol. The molecule has 2 atom stereocenters. The first-order valence-electron chi connectivity index (χ1n) is 6.41. The van der Waals surface area contributed by atoms with Crippen molar-refractivity contribution in [3.05, 3.63) is 21.5 Å². The van der Waals surface area contributed by atoms with Crippen LogP contribution in [0.5, 0.6) is 0 Å². The Morgan fingerprint density at radius 3 is 3.11 bits per heavy atom. The van der Waals surface area contributed by atoms with Gasteiger partial charge in [0.25, 0.3) is 0 Å². The summed E-state index contributed by atoms with van der Waals surface area (Å²) in [5.74, 6) is 0.783. The zero-order valence-corrected chi connectivity index (χ0v) is 12.7. The molecule has 0 amide bonds. The third-order valence-corrected chi connectivity index (χ3v) is 4.53. The standard InChI is InChI=1S/C13H16BrN3S/c1-8-3-2-4-10(5-8)17-12-11(16-13(17)18)6-9(14)7-15-12/h6-8,10H,2-5H2,1H3,(H,16,18). The van der Waals surface area contributed by atoms with Crippen LogP contribution in [0.4, 0.5) is 0 Å². The van der Waals surface area contributed by atoms with Crippen LogP contribution in [0.2, 0.25) is 0 Å². The van der Waals surface area contributed by atoms with E-state index in [1.54, 1.807) is 0 Å². The van der Waals surface area contributed by atoms with Crippen LogP contribution in [0.15, 0.2) is 16.7 Å². The fourth-order valence-corrected chi connectivity index (χ4v) is 3.64. The summed E-state index contributed by atoms with van der Waals surface area (Å²) in [6, 6.07) is 2.55. The van der Waals surface area contributed by atoms with Crippen molar-refractivity contribution < 1.29 is 0 Å². The number of aromatic amines is 1. The van der Waals surface area contributed by atoms with E-state index < -0.39 is 0 Å². The van der Waals surface area contributed by atoms with E-state index in [0.29, 0.717) is 6.04 Å². The van der Waals surface area contributed by atoms with Crippen LogP contribution >= 0.6 is 28.1 Å². The highest BCUT2D eigenvalue weighted by Gasteiger charge is 2.22. The number of imidazole rings is 1. The van der Waals surface area contributed by atoms with Crippen molar-refractivity contribution >= 4 is 39.3 Å². The normalized spacial score (nSPS) is 24.6. The average molecular weight is 326 g/mol. The molecule has 3 nitrogen and oxygen atoms in total. The smallest absolute Gasteiger partial charge is 0.179 e. The van der Waals surface area contributed by atoms with Gasteiger partial charge in [-0.3, -0.25) is 4.57 Å². The number of aromatic nitrogens is 3. The van der Waals surface area contributed by atoms with E-state index in [0.717, 1.165) is 26.3 Å². The van der Waals surface area contributed by atoms with Crippen molar-refractivity contribution in [2.75, 3.05) is 0 Å². The van der Waals surface area contributed by atoms with Crippen LogP contribution in [0.25, 0.3) is 11.2 Å². The van der Waals surface area contributed by atoms with E-state index in [1.807, 2.05) is 12.3 Å². The molecule has 1 N–H and O–H groups in total. The second-order valence-corrected chi connectivity index (χ2v) is 6.55. The number of rotatable bonds is 1. The van der Waals surface area contributed by atoms with E-state index in [4.69, 9.17) is 12.2 Å². The van der Waals surface area contributed by atoms with Gasteiger partial charge in [0.1, 0.15) is 0 Å². The Kier molecular flexibility index (Phi) is 3.28. The minimum absolute atomic E-state index is 0.503. The van der Waals surface area contributed by atoms with Gasteiger partial charge in [-0.2, -0.15) is 0 Å².